The average Bonchev–Trinajstić information content (AvgIpc) is 3.40. The molecule has 3 saturated heterocycles. The van der Waals surface area contributed by atoms with E-state index in [0.717, 1.165) is 51.0 Å². The number of unbranched alkanes of at least 4 members (excludes halogenated alkanes) is 1. The van der Waals surface area contributed by atoms with Crippen LogP contribution in [0.15, 0.2) is 11.4 Å². The Kier molecular flexibility index (Phi) is 7.59. The summed E-state index contributed by atoms with van der Waals surface area (Å²) in [5.74, 6) is 0.881. The van der Waals surface area contributed by atoms with E-state index < -0.39 is 0 Å². The lowest BCUT2D eigenvalue weighted by atomic mass is 10.2. The summed E-state index contributed by atoms with van der Waals surface area (Å²) in [4.78, 5) is 9.69. The molecule has 0 unspecified atom stereocenters. The lowest BCUT2D eigenvalue weighted by Crippen LogP contribution is -2.36. The van der Waals surface area contributed by atoms with Crippen molar-refractivity contribution >= 4 is 0 Å². The molecule has 3 heterocycles. The Bertz CT molecular complexity index is 614. The van der Waals surface area contributed by atoms with Crippen LogP contribution in [0.4, 0.5) is 0 Å². The van der Waals surface area contributed by atoms with Gasteiger partial charge in [0, 0.05) is 44.8 Å². The molecule has 0 spiro atoms. The van der Waals surface area contributed by atoms with Gasteiger partial charge < -0.3 is 14.7 Å². The molecule has 0 radical (unpaired) electrons. The fourth-order valence-corrected chi connectivity index (χ4v) is 5.05. The highest BCUT2D eigenvalue weighted by Crippen LogP contribution is 2.24. The van der Waals surface area contributed by atoms with E-state index in [1.165, 1.54) is 51.7 Å². The quantitative estimate of drug-likeness (QED) is 0.474. The van der Waals surface area contributed by atoms with E-state index >= 15 is 0 Å². The zero-order valence-corrected chi connectivity index (χ0v) is 17.7. The molecule has 3 rings (SSSR count). The molecule has 0 aromatic carbocycles. The molecule has 0 bridgehead atoms. The Labute approximate surface area is 171 Å². The minimum atomic E-state index is 0.278. The third kappa shape index (κ3) is 4.99. The summed E-state index contributed by atoms with van der Waals surface area (Å²) in [6.45, 7) is 13.0. The number of nitriles is 2. The van der Waals surface area contributed by atoms with E-state index in [4.69, 9.17) is 0 Å². The second-order valence-electron chi connectivity index (χ2n) is 8.66. The summed E-state index contributed by atoms with van der Waals surface area (Å²) in [6, 6.07) is 5.68. The monoisotopic (exact) mass is 384 g/mol. The first kappa shape index (κ1) is 21.0. The number of nitrogens with zero attached hydrogens (tertiary/aromatic N) is 6. The van der Waals surface area contributed by atoms with E-state index in [1.54, 1.807) is 0 Å². The Morgan fingerprint density at radius 3 is 1.86 bits per heavy atom. The largest absolute Gasteiger partial charge is 0.355 e. The zero-order chi connectivity index (χ0) is 19.9. The summed E-state index contributed by atoms with van der Waals surface area (Å²) < 4.78 is 0. The van der Waals surface area contributed by atoms with E-state index in [2.05, 4.69) is 45.6 Å². The normalized spacial score (nSPS) is 26.1. The van der Waals surface area contributed by atoms with Crippen LogP contribution in [0.2, 0.25) is 0 Å². The first-order valence-corrected chi connectivity index (χ1v) is 11.2. The second-order valence-corrected chi connectivity index (χ2v) is 8.66. The minimum Gasteiger partial charge on any atom is -0.355 e. The Morgan fingerprint density at radius 2 is 1.32 bits per heavy atom. The van der Waals surface area contributed by atoms with Crippen molar-refractivity contribution in [1.82, 2.24) is 19.6 Å². The van der Waals surface area contributed by atoms with Crippen LogP contribution in [0.5, 0.6) is 0 Å². The molecule has 3 aliphatic heterocycles. The Hall–Kier alpha value is -1.76. The molecule has 0 aromatic rings. The number of allylic oxidation sites excluding steroid dienone is 1. The highest BCUT2D eigenvalue weighted by molar-refractivity contribution is 5.40. The van der Waals surface area contributed by atoms with Gasteiger partial charge in [0.1, 0.15) is 18.0 Å². The first-order chi connectivity index (χ1) is 13.6. The molecule has 154 valence electrons. The maximum absolute atomic E-state index is 9.49. The number of hydrogen-bond acceptors (Lipinski definition) is 6. The number of likely N-dealkylation sites (tertiary alicyclic amines) is 2. The van der Waals surface area contributed by atoms with Crippen molar-refractivity contribution in [3.8, 4) is 12.1 Å². The van der Waals surface area contributed by atoms with Gasteiger partial charge in [-0.1, -0.05) is 0 Å². The Balaban J connectivity index is 1.52. The van der Waals surface area contributed by atoms with Crippen molar-refractivity contribution in [3.05, 3.63) is 11.4 Å². The topological polar surface area (TPSA) is 60.5 Å². The molecule has 0 saturated carbocycles. The highest BCUT2D eigenvalue weighted by atomic mass is 15.4. The van der Waals surface area contributed by atoms with Crippen LogP contribution >= 0.6 is 0 Å². The first-order valence-electron chi connectivity index (χ1n) is 11.2. The predicted octanol–water partition coefficient (Wildman–Crippen LogP) is 2.61. The standard InChI is InChI=1S/C22H36N6/c1-19-7-5-11-25(19)9-3-4-10-27-15-16-28(22(27)21(17-23)18-24)14-13-26-12-6-8-20(26)2/h19-20H,3-16H2,1-2H3/t19-,20-/m0/s1. The smallest absolute Gasteiger partial charge is 0.169 e. The molecule has 3 aliphatic rings. The minimum absolute atomic E-state index is 0.278. The summed E-state index contributed by atoms with van der Waals surface area (Å²) in [6.07, 6.45) is 7.54. The Morgan fingerprint density at radius 1 is 0.786 bits per heavy atom. The predicted molar refractivity (Wildman–Crippen MR) is 111 cm³/mol. The highest BCUT2D eigenvalue weighted by Gasteiger charge is 2.29. The molecule has 0 aromatic heterocycles. The van der Waals surface area contributed by atoms with Gasteiger partial charge in [0.25, 0.3) is 0 Å². The molecule has 3 fully saturated rings. The SMILES string of the molecule is C[C@H]1CCCN1CCCCN1CCN(CCN2CCC[C@@H]2C)C1=C(C#N)C#N. The van der Waals surface area contributed by atoms with Crippen molar-refractivity contribution in [2.45, 2.75) is 64.5 Å². The van der Waals surface area contributed by atoms with Gasteiger partial charge in [-0.3, -0.25) is 4.90 Å². The van der Waals surface area contributed by atoms with Gasteiger partial charge in [0.15, 0.2) is 5.57 Å². The van der Waals surface area contributed by atoms with Crippen molar-refractivity contribution < 1.29 is 0 Å². The molecule has 6 nitrogen and oxygen atoms in total. The van der Waals surface area contributed by atoms with Gasteiger partial charge in [0.2, 0.25) is 0 Å². The van der Waals surface area contributed by atoms with Gasteiger partial charge in [-0.2, -0.15) is 10.5 Å². The van der Waals surface area contributed by atoms with Crippen LogP contribution in [0, 0.1) is 22.7 Å². The van der Waals surface area contributed by atoms with Crippen molar-refractivity contribution in [2.24, 2.45) is 0 Å². The summed E-state index contributed by atoms with van der Waals surface area (Å²) in [7, 11) is 0. The second kappa shape index (κ2) is 10.1. The molecule has 28 heavy (non-hydrogen) atoms. The third-order valence-electron chi connectivity index (χ3n) is 6.85. The summed E-state index contributed by atoms with van der Waals surface area (Å²) >= 11 is 0. The van der Waals surface area contributed by atoms with Gasteiger partial charge in [-0.15, -0.1) is 0 Å². The van der Waals surface area contributed by atoms with Crippen LogP contribution in [0.3, 0.4) is 0 Å². The van der Waals surface area contributed by atoms with Gasteiger partial charge in [-0.05, 0) is 72.0 Å². The van der Waals surface area contributed by atoms with Gasteiger partial charge >= 0.3 is 0 Å². The van der Waals surface area contributed by atoms with Crippen LogP contribution < -0.4 is 0 Å². The van der Waals surface area contributed by atoms with Crippen LogP contribution in [-0.4, -0.2) is 84.0 Å². The van der Waals surface area contributed by atoms with Crippen molar-refractivity contribution in [2.75, 3.05) is 52.4 Å². The number of rotatable bonds is 8. The fraction of sp³-hybridized carbons (Fsp3) is 0.818. The molecule has 2 atom stereocenters. The molecular weight excluding hydrogens is 348 g/mol. The summed E-state index contributed by atoms with van der Waals surface area (Å²) in [5, 5.41) is 19.0. The van der Waals surface area contributed by atoms with Crippen LogP contribution in [0.1, 0.15) is 52.4 Å². The van der Waals surface area contributed by atoms with Crippen LogP contribution in [-0.2, 0) is 0 Å². The maximum Gasteiger partial charge on any atom is 0.169 e. The van der Waals surface area contributed by atoms with Gasteiger partial charge in [0.05, 0.1) is 0 Å². The van der Waals surface area contributed by atoms with E-state index in [-0.39, 0.29) is 5.57 Å². The van der Waals surface area contributed by atoms with E-state index in [9.17, 15) is 10.5 Å². The van der Waals surface area contributed by atoms with E-state index in [1.807, 2.05) is 0 Å². The molecule has 6 heteroatoms. The van der Waals surface area contributed by atoms with Crippen molar-refractivity contribution in [3.63, 3.8) is 0 Å². The van der Waals surface area contributed by atoms with Crippen LogP contribution in [0.25, 0.3) is 0 Å². The summed E-state index contributed by atoms with van der Waals surface area (Å²) in [5.41, 5.74) is 0.278. The van der Waals surface area contributed by atoms with E-state index in [0.29, 0.717) is 6.04 Å². The molecular formula is C22H36N6. The number of hydrogen-bond donors (Lipinski definition) is 0. The fourth-order valence-electron chi connectivity index (χ4n) is 5.05. The lowest BCUT2D eigenvalue weighted by Gasteiger charge is -2.28. The van der Waals surface area contributed by atoms with Crippen molar-refractivity contribution in [1.29, 1.82) is 10.5 Å². The molecule has 0 aliphatic carbocycles. The average molecular weight is 385 g/mol. The van der Waals surface area contributed by atoms with Gasteiger partial charge in [-0.25, -0.2) is 0 Å². The molecule has 0 amide bonds. The third-order valence-corrected chi connectivity index (χ3v) is 6.85. The lowest BCUT2D eigenvalue weighted by molar-refractivity contribution is 0.227. The molecule has 0 N–H and O–H groups in total. The zero-order valence-electron chi connectivity index (χ0n) is 17.7. The maximum atomic E-state index is 9.49.